The fourth-order valence-electron chi connectivity index (χ4n) is 7.62. The largest absolute Gasteiger partial charge is 0.310 e. The molecule has 1 heteroatoms. The molecule has 268 valence electrons. The summed E-state index contributed by atoms with van der Waals surface area (Å²) in [5, 5.41) is 3.75. The fraction of sp³-hybridized carbons (Fsp3) is 0. The minimum atomic E-state index is -0.405. The summed E-state index contributed by atoms with van der Waals surface area (Å²) in [6.45, 7) is 0. The highest BCUT2D eigenvalue weighted by Gasteiger charge is 2.19. The van der Waals surface area contributed by atoms with Crippen LogP contribution in [0.3, 0.4) is 0 Å². The molecule has 0 unspecified atom stereocenters. The van der Waals surface area contributed by atoms with Crippen molar-refractivity contribution in [2.75, 3.05) is 4.90 Å². The molecule has 0 heterocycles. The van der Waals surface area contributed by atoms with Crippen LogP contribution in [0.4, 0.5) is 17.1 Å². The second-order valence-electron chi connectivity index (χ2n) is 13.9. The molecule has 57 heavy (non-hydrogen) atoms. The van der Waals surface area contributed by atoms with Crippen LogP contribution in [0.2, 0.25) is 0 Å². The van der Waals surface area contributed by atoms with Crippen molar-refractivity contribution in [3.8, 4) is 55.6 Å². The molecule has 1 nitrogen and oxygen atoms in total. The van der Waals surface area contributed by atoms with E-state index in [1.807, 2.05) is 170 Å². The van der Waals surface area contributed by atoms with E-state index >= 15 is 0 Å². The molecular weight excluding hydrogens is 687 g/mol. The molecule has 0 bridgehead atoms. The molecule has 10 aromatic rings. The minimum Gasteiger partial charge on any atom is -0.310 e. The Morgan fingerprint density at radius 2 is 0.737 bits per heavy atom. The Balaban J connectivity index is 1.24. The fourth-order valence-corrected chi connectivity index (χ4v) is 7.62. The number of hydrogen-bond acceptors (Lipinski definition) is 1. The van der Waals surface area contributed by atoms with E-state index in [0.29, 0.717) is 22.4 Å². The predicted molar refractivity (Wildman–Crippen MR) is 243 cm³/mol. The van der Waals surface area contributed by atoms with Crippen LogP contribution in [0.25, 0.3) is 77.2 Å². The van der Waals surface area contributed by atoms with Crippen LogP contribution in [0.5, 0.6) is 0 Å². The van der Waals surface area contributed by atoms with Crippen molar-refractivity contribution in [2.45, 2.75) is 0 Å². The van der Waals surface area contributed by atoms with Gasteiger partial charge in [-0.2, -0.15) is 0 Å². The van der Waals surface area contributed by atoms with E-state index in [-0.39, 0.29) is 46.7 Å². The lowest BCUT2D eigenvalue weighted by molar-refractivity contribution is 1.28. The SMILES string of the molecule is [2H]c1c([2H])c(N(c2ccc(-c3ccccc3)cc2-c2ccccc2)c2c([2H])c([2H])c(-c3cccc4ccccc34)c([2H])c2[2H])c([2H])c([2H])c1-c1cccc(-c2cccc3ccccc23)c1. The van der Waals surface area contributed by atoms with Crippen molar-refractivity contribution in [1.29, 1.82) is 0 Å². The molecule has 0 fully saturated rings. The third kappa shape index (κ3) is 6.66. The van der Waals surface area contributed by atoms with Gasteiger partial charge in [-0.3, -0.25) is 0 Å². The summed E-state index contributed by atoms with van der Waals surface area (Å²) in [7, 11) is 0. The number of anilines is 3. The first-order chi connectivity index (χ1) is 31.6. The average Bonchev–Trinajstić information content (AvgIpc) is 3.35. The van der Waals surface area contributed by atoms with Crippen LogP contribution < -0.4 is 4.90 Å². The van der Waals surface area contributed by atoms with E-state index in [1.54, 1.807) is 18.2 Å². The Hall–Kier alpha value is -7.48. The van der Waals surface area contributed by atoms with Gasteiger partial charge in [0.05, 0.1) is 16.7 Å². The van der Waals surface area contributed by atoms with Gasteiger partial charge >= 0.3 is 0 Å². The van der Waals surface area contributed by atoms with E-state index in [0.717, 1.165) is 49.4 Å². The molecule has 0 amide bonds. The van der Waals surface area contributed by atoms with Gasteiger partial charge in [-0.15, -0.1) is 0 Å². The van der Waals surface area contributed by atoms with Crippen LogP contribution in [0.1, 0.15) is 11.0 Å². The maximum Gasteiger partial charge on any atom is 0.0645 e. The van der Waals surface area contributed by atoms with Crippen LogP contribution in [0.15, 0.2) is 236 Å². The average molecular weight is 734 g/mol. The lowest BCUT2D eigenvalue weighted by Gasteiger charge is -2.29. The Labute approximate surface area is 345 Å². The molecule has 0 aliphatic carbocycles. The molecule has 10 aromatic carbocycles. The summed E-state index contributed by atoms with van der Waals surface area (Å²) in [5.41, 5.74) is 6.15. The first kappa shape index (κ1) is 26.3. The second-order valence-corrected chi connectivity index (χ2v) is 13.9. The standard InChI is InChI=1S/C56H39N/c1-3-14-40(15-4-1)47-32-37-56(55(39-47)44-16-5-2-6-17-44)57(50-35-30-45(31-36-50)53-26-12-20-42-18-7-9-24-51(42)53)49-33-28-41(29-34-49)46-22-11-23-48(38-46)54-27-13-21-43-19-8-10-25-52(43)54/h1-39H/i28D,29D,30D,31D,33D,34D,35D,36D. The minimum absolute atomic E-state index is 0.0966. The van der Waals surface area contributed by atoms with Crippen molar-refractivity contribution < 1.29 is 11.0 Å². The molecule has 0 aliphatic rings. The molecule has 0 saturated carbocycles. The van der Waals surface area contributed by atoms with Gasteiger partial charge in [-0.05, 0) is 114 Å². The van der Waals surface area contributed by atoms with Crippen molar-refractivity contribution in [3.05, 3.63) is 236 Å². The van der Waals surface area contributed by atoms with Crippen LogP contribution >= 0.6 is 0 Å². The van der Waals surface area contributed by atoms with Gasteiger partial charge in [-0.1, -0.05) is 194 Å². The second kappa shape index (κ2) is 15.0. The lowest BCUT2D eigenvalue weighted by atomic mass is 9.94. The van der Waals surface area contributed by atoms with E-state index in [2.05, 4.69) is 0 Å². The maximum atomic E-state index is 9.80. The Morgan fingerprint density at radius 1 is 0.281 bits per heavy atom. The zero-order valence-corrected chi connectivity index (χ0v) is 30.8. The molecule has 0 saturated heterocycles. The number of hydrogen-bond donors (Lipinski definition) is 0. The molecule has 0 radical (unpaired) electrons. The van der Waals surface area contributed by atoms with E-state index in [9.17, 15) is 11.0 Å². The Morgan fingerprint density at radius 3 is 1.37 bits per heavy atom. The van der Waals surface area contributed by atoms with Gasteiger partial charge in [0.15, 0.2) is 0 Å². The molecule has 0 aromatic heterocycles. The third-order valence-corrected chi connectivity index (χ3v) is 10.4. The topological polar surface area (TPSA) is 3.24 Å². The van der Waals surface area contributed by atoms with Gasteiger partial charge in [0.1, 0.15) is 0 Å². The monoisotopic (exact) mass is 733 g/mol. The summed E-state index contributed by atoms with van der Waals surface area (Å²) in [6, 6.07) is 56.9. The van der Waals surface area contributed by atoms with Gasteiger partial charge in [0.2, 0.25) is 0 Å². The third-order valence-electron chi connectivity index (χ3n) is 10.4. The van der Waals surface area contributed by atoms with Crippen molar-refractivity contribution in [3.63, 3.8) is 0 Å². The molecule has 0 N–H and O–H groups in total. The van der Waals surface area contributed by atoms with Crippen molar-refractivity contribution in [1.82, 2.24) is 0 Å². The van der Waals surface area contributed by atoms with Gasteiger partial charge < -0.3 is 4.90 Å². The molecular formula is C56H39N. The summed E-state index contributed by atoms with van der Waals surface area (Å²) < 4.78 is 77.5. The molecule has 10 rings (SSSR count). The maximum absolute atomic E-state index is 9.80. The van der Waals surface area contributed by atoms with Crippen LogP contribution in [-0.2, 0) is 0 Å². The summed E-state index contributed by atoms with van der Waals surface area (Å²) >= 11 is 0. The van der Waals surface area contributed by atoms with Crippen molar-refractivity contribution in [2.24, 2.45) is 0 Å². The Bertz CT molecular complexity index is 3410. The number of benzene rings is 10. The highest BCUT2D eigenvalue weighted by atomic mass is 15.1. The van der Waals surface area contributed by atoms with Gasteiger partial charge in [0, 0.05) is 16.9 Å². The quantitative estimate of drug-likeness (QED) is 0.150. The first-order valence-corrected chi connectivity index (χ1v) is 18.9. The van der Waals surface area contributed by atoms with Gasteiger partial charge in [-0.25, -0.2) is 0 Å². The summed E-state index contributed by atoms with van der Waals surface area (Å²) in [4.78, 5) is 1.40. The Kier molecular flexibility index (Phi) is 6.92. The van der Waals surface area contributed by atoms with Gasteiger partial charge in [0.25, 0.3) is 0 Å². The van der Waals surface area contributed by atoms with Crippen LogP contribution in [0, 0.1) is 0 Å². The predicted octanol–water partition coefficient (Wildman–Crippen LogP) is 15.8. The highest BCUT2D eigenvalue weighted by Crippen LogP contribution is 2.44. The number of nitrogens with zero attached hydrogens (tertiary/aromatic N) is 1. The first-order valence-electron chi connectivity index (χ1n) is 22.9. The normalized spacial score (nSPS) is 13.1. The van der Waals surface area contributed by atoms with E-state index in [4.69, 9.17) is 0 Å². The highest BCUT2D eigenvalue weighted by molar-refractivity contribution is 5.99. The van der Waals surface area contributed by atoms with Crippen molar-refractivity contribution >= 4 is 38.6 Å². The molecule has 0 aliphatic heterocycles. The van der Waals surface area contributed by atoms with E-state index in [1.165, 1.54) is 4.90 Å². The molecule has 0 atom stereocenters. The molecule has 0 spiro atoms. The number of rotatable bonds is 8. The summed E-state index contributed by atoms with van der Waals surface area (Å²) in [6.07, 6.45) is 0. The summed E-state index contributed by atoms with van der Waals surface area (Å²) in [5.74, 6) is 0. The zero-order valence-electron chi connectivity index (χ0n) is 38.8. The number of fused-ring (bicyclic) bond motifs is 2. The smallest absolute Gasteiger partial charge is 0.0645 e. The zero-order chi connectivity index (χ0) is 44.9. The van der Waals surface area contributed by atoms with E-state index < -0.39 is 24.2 Å². The van der Waals surface area contributed by atoms with Crippen LogP contribution in [-0.4, -0.2) is 0 Å². The lowest BCUT2D eigenvalue weighted by Crippen LogP contribution is -2.11.